The minimum Gasteiger partial charge on any atom is -1.00 e. The van der Waals surface area contributed by atoms with Crippen LogP contribution in [0.5, 0.6) is 0 Å². The van der Waals surface area contributed by atoms with Gasteiger partial charge in [0.2, 0.25) is 5.52 Å². The number of hydrogen-bond donors (Lipinski definition) is 0. The third-order valence-electron chi connectivity index (χ3n) is 2.74. The Morgan fingerprint density at radius 3 is 2.43 bits per heavy atom. The fourth-order valence-corrected chi connectivity index (χ4v) is 1.70. The molecule has 0 spiro atoms. The van der Waals surface area contributed by atoms with Crippen LogP contribution >= 0.6 is 0 Å². The normalized spacial score (nSPS) is 9.93. The van der Waals surface area contributed by atoms with E-state index in [4.69, 9.17) is 0 Å². The van der Waals surface area contributed by atoms with Crippen LogP contribution in [-0.2, 0) is 7.05 Å². The number of fused-ring (bicyclic) bond motifs is 1. The van der Waals surface area contributed by atoms with Crippen LogP contribution in [0.25, 0.3) is 10.9 Å². The van der Waals surface area contributed by atoms with E-state index >= 15 is 0 Å². The average Bonchev–Trinajstić information content (AvgIpc) is 2.15. The fourth-order valence-electron chi connectivity index (χ4n) is 1.70. The Hall–Kier alpha value is -1.08. The molecule has 0 unspecified atom stereocenters. The first-order valence-electron chi connectivity index (χ1n) is 4.55. The van der Waals surface area contributed by atoms with Crippen molar-refractivity contribution in [3.8, 4) is 0 Å². The van der Waals surface area contributed by atoms with Gasteiger partial charge < -0.3 is 12.4 Å². The molecule has 2 rings (SSSR count). The van der Waals surface area contributed by atoms with Crippen molar-refractivity contribution in [2.45, 2.75) is 13.8 Å². The maximum atomic E-state index is 2.24. The highest BCUT2D eigenvalue weighted by atomic mass is 35.5. The molecule has 1 aromatic carbocycles. The predicted octanol–water partition coefficient (Wildman–Crippen LogP) is -0.715. The van der Waals surface area contributed by atoms with E-state index in [0.717, 1.165) is 0 Å². The first kappa shape index (κ1) is 11.0. The SMILES string of the molecule is Cc1cc2ccccc2[n+](C)c1C.[Cl-]. The summed E-state index contributed by atoms with van der Waals surface area (Å²) in [6.07, 6.45) is 0. The fraction of sp³-hybridized carbons (Fsp3) is 0.250. The Morgan fingerprint density at radius 1 is 1.07 bits per heavy atom. The minimum absolute atomic E-state index is 0. The van der Waals surface area contributed by atoms with Crippen molar-refractivity contribution >= 4 is 10.9 Å². The molecule has 0 radical (unpaired) electrons. The van der Waals surface area contributed by atoms with Gasteiger partial charge in [-0.05, 0) is 19.1 Å². The summed E-state index contributed by atoms with van der Waals surface area (Å²) in [4.78, 5) is 0. The number of halogens is 1. The van der Waals surface area contributed by atoms with Gasteiger partial charge in [0.1, 0.15) is 7.05 Å². The Kier molecular flexibility index (Phi) is 3.12. The second kappa shape index (κ2) is 3.97. The van der Waals surface area contributed by atoms with Gasteiger partial charge in [0.15, 0.2) is 5.69 Å². The van der Waals surface area contributed by atoms with Gasteiger partial charge >= 0.3 is 0 Å². The Bertz CT molecular complexity index is 463. The van der Waals surface area contributed by atoms with Crippen LogP contribution in [0.1, 0.15) is 11.3 Å². The van der Waals surface area contributed by atoms with Gasteiger partial charge in [-0.2, -0.15) is 4.57 Å². The average molecular weight is 208 g/mol. The second-order valence-electron chi connectivity index (χ2n) is 3.53. The summed E-state index contributed by atoms with van der Waals surface area (Å²) in [5.74, 6) is 0. The minimum atomic E-state index is 0. The molecule has 0 aliphatic heterocycles. The molecule has 0 atom stereocenters. The molecular weight excluding hydrogens is 194 g/mol. The zero-order chi connectivity index (χ0) is 9.42. The zero-order valence-corrected chi connectivity index (χ0v) is 9.47. The van der Waals surface area contributed by atoms with E-state index in [1.54, 1.807) is 0 Å². The molecule has 0 N–H and O–H groups in total. The Labute approximate surface area is 90.8 Å². The van der Waals surface area contributed by atoms with Crippen molar-refractivity contribution in [2.75, 3.05) is 0 Å². The molecule has 1 aromatic heterocycles. The van der Waals surface area contributed by atoms with Crippen molar-refractivity contribution in [1.82, 2.24) is 0 Å². The Balaban J connectivity index is 0.000000980. The number of pyridine rings is 1. The van der Waals surface area contributed by atoms with Crippen LogP contribution in [0.2, 0.25) is 0 Å². The lowest BCUT2D eigenvalue weighted by Gasteiger charge is -2.02. The highest BCUT2D eigenvalue weighted by molar-refractivity contribution is 5.76. The van der Waals surface area contributed by atoms with Gasteiger partial charge in [-0.25, -0.2) is 0 Å². The smallest absolute Gasteiger partial charge is 0.212 e. The maximum absolute atomic E-state index is 2.24. The summed E-state index contributed by atoms with van der Waals surface area (Å²) < 4.78 is 2.24. The van der Waals surface area contributed by atoms with Crippen LogP contribution in [0, 0.1) is 13.8 Å². The number of benzene rings is 1. The first-order chi connectivity index (χ1) is 6.20. The molecule has 0 saturated carbocycles. The number of nitrogens with zero attached hydrogens (tertiary/aromatic N) is 1. The summed E-state index contributed by atoms with van der Waals surface area (Å²) in [6, 6.07) is 10.7. The molecule has 0 saturated heterocycles. The van der Waals surface area contributed by atoms with Crippen molar-refractivity contribution in [3.63, 3.8) is 0 Å². The lowest BCUT2D eigenvalue weighted by Crippen LogP contribution is -3.00. The molecule has 1 heterocycles. The maximum Gasteiger partial charge on any atom is 0.212 e. The molecule has 2 heteroatoms. The number of rotatable bonds is 0. The summed E-state index contributed by atoms with van der Waals surface area (Å²) >= 11 is 0. The molecule has 0 amide bonds. The summed E-state index contributed by atoms with van der Waals surface area (Å²) in [5.41, 5.74) is 3.98. The van der Waals surface area contributed by atoms with Crippen LogP contribution < -0.4 is 17.0 Å². The molecule has 14 heavy (non-hydrogen) atoms. The van der Waals surface area contributed by atoms with Gasteiger partial charge in [0.05, 0.1) is 0 Å². The zero-order valence-electron chi connectivity index (χ0n) is 8.71. The molecule has 1 nitrogen and oxygen atoms in total. The summed E-state index contributed by atoms with van der Waals surface area (Å²) in [7, 11) is 2.12. The van der Waals surface area contributed by atoms with Crippen molar-refractivity contribution in [1.29, 1.82) is 0 Å². The van der Waals surface area contributed by atoms with E-state index in [1.165, 1.54) is 22.2 Å². The number of para-hydroxylation sites is 1. The largest absolute Gasteiger partial charge is 1.00 e. The molecule has 0 fully saturated rings. The lowest BCUT2D eigenvalue weighted by molar-refractivity contribution is -0.651. The topological polar surface area (TPSA) is 3.88 Å². The quantitative estimate of drug-likeness (QED) is 0.503. The first-order valence-corrected chi connectivity index (χ1v) is 4.55. The van der Waals surface area contributed by atoms with Gasteiger partial charge in [-0.15, -0.1) is 0 Å². The molecule has 74 valence electrons. The van der Waals surface area contributed by atoms with Crippen LogP contribution in [0.4, 0.5) is 0 Å². The summed E-state index contributed by atoms with van der Waals surface area (Å²) in [5, 5.41) is 1.31. The molecule has 0 aliphatic carbocycles. The van der Waals surface area contributed by atoms with Crippen LogP contribution in [-0.4, -0.2) is 0 Å². The standard InChI is InChI=1S/C12H14N.ClH/c1-9-8-11-6-4-5-7-12(11)13(3)10(9)2;/h4-8H,1-3H3;1H/q+1;/p-1. The number of aryl methyl sites for hydroxylation is 2. The van der Waals surface area contributed by atoms with Gasteiger partial charge in [0.25, 0.3) is 0 Å². The van der Waals surface area contributed by atoms with E-state index in [2.05, 4.69) is 55.8 Å². The molecule has 0 aliphatic rings. The predicted molar refractivity (Wildman–Crippen MR) is 54.6 cm³/mol. The van der Waals surface area contributed by atoms with E-state index < -0.39 is 0 Å². The van der Waals surface area contributed by atoms with Crippen molar-refractivity contribution in [2.24, 2.45) is 7.05 Å². The van der Waals surface area contributed by atoms with Gasteiger partial charge in [-0.3, -0.25) is 0 Å². The highest BCUT2D eigenvalue weighted by Crippen LogP contribution is 2.12. The van der Waals surface area contributed by atoms with Crippen molar-refractivity contribution < 1.29 is 17.0 Å². The monoisotopic (exact) mass is 207 g/mol. The van der Waals surface area contributed by atoms with Crippen LogP contribution in [0.3, 0.4) is 0 Å². The van der Waals surface area contributed by atoms with Gasteiger partial charge in [0, 0.05) is 23.9 Å². The summed E-state index contributed by atoms with van der Waals surface area (Å²) in [6.45, 7) is 4.31. The number of aromatic nitrogens is 1. The molecule has 2 aromatic rings. The van der Waals surface area contributed by atoms with Crippen molar-refractivity contribution in [3.05, 3.63) is 41.6 Å². The Morgan fingerprint density at radius 2 is 1.71 bits per heavy atom. The molecular formula is C12H14ClN. The van der Waals surface area contributed by atoms with E-state index in [0.29, 0.717) is 0 Å². The third kappa shape index (κ3) is 1.60. The van der Waals surface area contributed by atoms with Crippen LogP contribution in [0.15, 0.2) is 30.3 Å². The lowest BCUT2D eigenvalue weighted by atomic mass is 10.1. The highest BCUT2D eigenvalue weighted by Gasteiger charge is 2.09. The third-order valence-corrected chi connectivity index (χ3v) is 2.74. The van der Waals surface area contributed by atoms with E-state index in [-0.39, 0.29) is 12.4 Å². The molecule has 0 bridgehead atoms. The van der Waals surface area contributed by atoms with Gasteiger partial charge in [-0.1, -0.05) is 12.1 Å². The van der Waals surface area contributed by atoms with E-state index in [1.807, 2.05) is 0 Å². The van der Waals surface area contributed by atoms with E-state index in [9.17, 15) is 0 Å². The second-order valence-corrected chi connectivity index (χ2v) is 3.53. The number of hydrogen-bond acceptors (Lipinski definition) is 0.